The highest BCUT2D eigenvalue weighted by Crippen LogP contribution is 2.27. The molecule has 0 saturated carbocycles. The zero-order chi connectivity index (χ0) is 20.0. The van der Waals surface area contributed by atoms with Crippen LogP contribution in [0.3, 0.4) is 0 Å². The molecule has 0 bridgehead atoms. The lowest BCUT2D eigenvalue weighted by Crippen LogP contribution is -2.30. The molecular formula is C18H28N4O3S2. The van der Waals surface area contributed by atoms with E-state index in [1.165, 1.54) is 16.1 Å². The number of thioether (sulfide) groups is 1. The number of aryl methyl sites for hydroxylation is 1. The highest BCUT2D eigenvalue weighted by atomic mass is 32.2. The zero-order valence-electron chi connectivity index (χ0n) is 16.4. The number of nitrogens with zero attached hydrogens (tertiary/aromatic N) is 3. The predicted octanol–water partition coefficient (Wildman–Crippen LogP) is 2.71. The van der Waals surface area contributed by atoms with Gasteiger partial charge < -0.3 is 9.88 Å². The molecular weight excluding hydrogens is 384 g/mol. The van der Waals surface area contributed by atoms with Crippen molar-refractivity contribution in [1.29, 1.82) is 0 Å². The van der Waals surface area contributed by atoms with Gasteiger partial charge in [-0.15, -0.1) is 0 Å². The SMILES string of the molecule is CCCCn1c(SCC(=O)NC)nc2cc(S(=O)(=O)N(CC)CC)ccc21. The summed E-state index contributed by atoms with van der Waals surface area (Å²) in [5.41, 5.74) is 1.53. The summed E-state index contributed by atoms with van der Waals surface area (Å²) < 4.78 is 29.1. The van der Waals surface area contributed by atoms with Crippen molar-refractivity contribution in [2.24, 2.45) is 0 Å². The second-order valence-electron chi connectivity index (χ2n) is 6.10. The second-order valence-corrected chi connectivity index (χ2v) is 8.98. The van der Waals surface area contributed by atoms with Crippen LogP contribution in [0.1, 0.15) is 33.6 Å². The van der Waals surface area contributed by atoms with Crippen LogP contribution in [0, 0.1) is 0 Å². The normalized spacial score (nSPS) is 12.0. The average molecular weight is 413 g/mol. The minimum absolute atomic E-state index is 0.0705. The lowest BCUT2D eigenvalue weighted by molar-refractivity contribution is -0.118. The van der Waals surface area contributed by atoms with Gasteiger partial charge in [0.15, 0.2) is 5.16 Å². The van der Waals surface area contributed by atoms with Gasteiger partial charge in [0.25, 0.3) is 0 Å². The quantitative estimate of drug-likeness (QED) is 0.607. The Morgan fingerprint density at radius 3 is 2.56 bits per heavy atom. The van der Waals surface area contributed by atoms with Crippen LogP contribution < -0.4 is 5.32 Å². The first-order valence-corrected chi connectivity index (χ1v) is 11.6. The van der Waals surface area contributed by atoms with Crippen LogP contribution in [0.15, 0.2) is 28.3 Å². The van der Waals surface area contributed by atoms with Crippen LogP contribution in [0.5, 0.6) is 0 Å². The van der Waals surface area contributed by atoms with E-state index in [4.69, 9.17) is 0 Å². The predicted molar refractivity (Wildman–Crippen MR) is 110 cm³/mol. The van der Waals surface area contributed by atoms with Gasteiger partial charge in [-0.1, -0.05) is 39.0 Å². The molecule has 0 spiro atoms. The van der Waals surface area contributed by atoms with Gasteiger partial charge in [0.05, 0.1) is 21.7 Å². The van der Waals surface area contributed by atoms with Crippen LogP contribution in [0.25, 0.3) is 11.0 Å². The average Bonchev–Trinajstić information content (AvgIpc) is 3.01. The standard InChI is InChI=1S/C18H28N4O3S2/c1-5-8-11-22-16-10-9-14(27(24,25)21(6-2)7-3)12-15(16)20-18(22)26-13-17(23)19-4/h9-10,12H,5-8,11,13H2,1-4H3,(H,19,23). The molecule has 150 valence electrons. The molecule has 2 rings (SSSR count). The minimum Gasteiger partial charge on any atom is -0.358 e. The minimum atomic E-state index is -3.53. The van der Waals surface area contributed by atoms with Gasteiger partial charge in [-0.05, 0) is 24.6 Å². The summed E-state index contributed by atoms with van der Waals surface area (Å²) in [6, 6.07) is 5.10. The maximum absolute atomic E-state index is 12.8. The largest absolute Gasteiger partial charge is 0.358 e. The number of fused-ring (bicyclic) bond motifs is 1. The molecule has 0 radical (unpaired) electrons. The number of imidazole rings is 1. The summed E-state index contributed by atoms with van der Waals surface area (Å²) >= 11 is 1.36. The Morgan fingerprint density at radius 1 is 1.26 bits per heavy atom. The maximum Gasteiger partial charge on any atom is 0.243 e. The molecule has 0 fully saturated rings. The number of carbonyl (C=O) groups excluding carboxylic acids is 1. The number of unbranched alkanes of at least 4 members (excludes halogenated alkanes) is 1. The van der Waals surface area contributed by atoms with Crippen molar-refractivity contribution in [2.45, 2.75) is 50.2 Å². The molecule has 1 amide bonds. The smallest absolute Gasteiger partial charge is 0.243 e. The topological polar surface area (TPSA) is 84.3 Å². The lowest BCUT2D eigenvalue weighted by Gasteiger charge is -2.18. The van der Waals surface area contributed by atoms with Gasteiger partial charge in [0.2, 0.25) is 15.9 Å². The molecule has 1 aromatic carbocycles. The first-order chi connectivity index (χ1) is 12.9. The van der Waals surface area contributed by atoms with E-state index in [0.29, 0.717) is 18.6 Å². The highest BCUT2D eigenvalue weighted by molar-refractivity contribution is 7.99. The first-order valence-electron chi connectivity index (χ1n) is 9.22. The Bertz CT molecular complexity index is 889. The summed E-state index contributed by atoms with van der Waals surface area (Å²) in [7, 11) is -1.93. The molecule has 0 aliphatic heterocycles. The molecule has 0 unspecified atom stereocenters. The van der Waals surface area contributed by atoms with Gasteiger partial charge in [-0.25, -0.2) is 13.4 Å². The van der Waals surface area contributed by atoms with E-state index >= 15 is 0 Å². The van der Waals surface area contributed by atoms with Crippen LogP contribution in [-0.2, 0) is 21.4 Å². The maximum atomic E-state index is 12.8. The number of hydrogen-bond acceptors (Lipinski definition) is 5. The van der Waals surface area contributed by atoms with E-state index in [1.807, 2.05) is 19.9 Å². The summed E-state index contributed by atoms with van der Waals surface area (Å²) in [6.45, 7) is 7.40. The fourth-order valence-corrected chi connectivity index (χ4v) is 5.20. The summed E-state index contributed by atoms with van der Waals surface area (Å²) in [5.74, 6) is 0.204. The second kappa shape index (κ2) is 9.57. The van der Waals surface area contributed by atoms with Crippen molar-refractivity contribution in [3.8, 4) is 0 Å². The van der Waals surface area contributed by atoms with E-state index in [-0.39, 0.29) is 16.6 Å². The number of sulfonamides is 1. The van der Waals surface area contributed by atoms with E-state index in [0.717, 1.165) is 30.1 Å². The van der Waals surface area contributed by atoms with Crippen molar-refractivity contribution in [3.05, 3.63) is 18.2 Å². The van der Waals surface area contributed by atoms with Crippen LogP contribution in [0.4, 0.5) is 0 Å². The third-order valence-electron chi connectivity index (χ3n) is 4.37. The van der Waals surface area contributed by atoms with Gasteiger partial charge in [0.1, 0.15) is 0 Å². The Balaban J connectivity index is 2.47. The van der Waals surface area contributed by atoms with Gasteiger partial charge in [0, 0.05) is 26.7 Å². The zero-order valence-corrected chi connectivity index (χ0v) is 18.0. The number of benzene rings is 1. The molecule has 1 aromatic heterocycles. The van der Waals surface area contributed by atoms with E-state index in [1.54, 1.807) is 19.2 Å². The van der Waals surface area contributed by atoms with Gasteiger partial charge in [-0.3, -0.25) is 4.79 Å². The van der Waals surface area contributed by atoms with Crippen molar-refractivity contribution in [2.75, 3.05) is 25.9 Å². The van der Waals surface area contributed by atoms with Crippen LogP contribution >= 0.6 is 11.8 Å². The van der Waals surface area contributed by atoms with Crippen molar-refractivity contribution >= 4 is 38.7 Å². The molecule has 0 aliphatic rings. The number of carbonyl (C=O) groups is 1. The van der Waals surface area contributed by atoms with Crippen LogP contribution in [0.2, 0.25) is 0 Å². The number of aromatic nitrogens is 2. The molecule has 7 nitrogen and oxygen atoms in total. The van der Waals surface area contributed by atoms with E-state index < -0.39 is 10.0 Å². The van der Waals surface area contributed by atoms with Crippen LogP contribution in [-0.4, -0.2) is 54.1 Å². The number of nitrogens with one attached hydrogen (secondary N) is 1. The molecule has 0 aliphatic carbocycles. The van der Waals surface area contributed by atoms with Gasteiger partial charge >= 0.3 is 0 Å². The lowest BCUT2D eigenvalue weighted by atomic mass is 10.3. The Kier molecular flexibility index (Phi) is 7.69. The number of hydrogen-bond donors (Lipinski definition) is 1. The fraction of sp³-hybridized carbons (Fsp3) is 0.556. The van der Waals surface area contributed by atoms with Crippen molar-refractivity contribution in [3.63, 3.8) is 0 Å². The molecule has 0 saturated heterocycles. The molecule has 0 atom stereocenters. The van der Waals surface area contributed by atoms with Crippen molar-refractivity contribution in [1.82, 2.24) is 19.2 Å². The monoisotopic (exact) mass is 412 g/mol. The summed E-state index contributed by atoms with van der Waals surface area (Å²) in [4.78, 5) is 16.5. The fourth-order valence-electron chi connectivity index (χ4n) is 2.81. The molecule has 1 heterocycles. The summed E-state index contributed by atoms with van der Waals surface area (Å²) in [5, 5.41) is 3.34. The van der Waals surface area contributed by atoms with Crippen molar-refractivity contribution < 1.29 is 13.2 Å². The molecule has 2 aromatic rings. The summed E-state index contributed by atoms with van der Waals surface area (Å²) in [6.07, 6.45) is 2.02. The number of rotatable bonds is 10. The van der Waals surface area contributed by atoms with Gasteiger partial charge in [-0.2, -0.15) is 4.31 Å². The van der Waals surface area contributed by atoms with E-state index in [2.05, 4.69) is 21.8 Å². The third kappa shape index (κ3) is 4.83. The Hall–Kier alpha value is -1.58. The highest BCUT2D eigenvalue weighted by Gasteiger charge is 2.23. The third-order valence-corrected chi connectivity index (χ3v) is 7.40. The Labute approximate surface area is 165 Å². The molecule has 9 heteroatoms. The molecule has 1 N–H and O–H groups in total. The molecule has 27 heavy (non-hydrogen) atoms. The Morgan fingerprint density at radius 2 is 1.96 bits per heavy atom. The first kappa shape index (κ1) is 21.7. The van der Waals surface area contributed by atoms with E-state index in [9.17, 15) is 13.2 Å². The number of amides is 1.